The van der Waals surface area contributed by atoms with E-state index in [1.54, 1.807) is 22.7 Å². The van der Waals surface area contributed by atoms with Crippen molar-refractivity contribution in [2.45, 2.75) is 37.6 Å². The number of anilines is 2. The van der Waals surface area contributed by atoms with Crippen LogP contribution in [0.15, 0.2) is 128 Å². The fourth-order valence-corrected chi connectivity index (χ4v) is 14.5. The third kappa shape index (κ3) is 10.6. The molecule has 3 saturated heterocycles. The van der Waals surface area contributed by atoms with Crippen LogP contribution in [0.5, 0.6) is 0 Å². The Balaban J connectivity index is 0.000000111. The molecule has 0 radical (unpaired) electrons. The quantitative estimate of drug-likeness (QED) is 0.158. The van der Waals surface area contributed by atoms with Crippen LogP contribution >= 0.6 is 34.0 Å². The fourth-order valence-electron chi connectivity index (χ4n) is 11.2. The van der Waals surface area contributed by atoms with E-state index >= 15 is 0 Å². The molecule has 0 bridgehead atoms. The molecule has 15 rings (SSSR count). The zero-order chi connectivity index (χ0) is 52.9. The molecule has 3 aliphatic heterocycles. The van der Waals surface area contributed by atoms with Crippen LogP contribution in [0.3, 0.4) is 0 Å². The van der Waals surface area contributed by atoms with E-state index in [1.165, 1.54) is 107 Å². The Morgan fingerprint density at radius 2 is 0.872 bits per heavy atom. The van der Waals surface area contributed by atoms with Gasteiger partial charge in [0, 0.05) is 101 Å². The van der Waals surface area contributed by atoms with Gasteiger partial charge in [-0.15, -0.1) is 11.3 Å². The lowest BCUT2D eigenvalue weighted by molar-refractivity contribution is 0.255. The molecule has 9 heterocycles. The van der Waals surface area contributed by atoms with Gasteiger partial charge in [0.1, 0.15) is 0 Å². The van der Waals surface area contributed by atoms with Gasteiger partial charge in [-0.3, -0.25) is 14.0 Å². The van der Waals surface area contributed by atoms with Gasteiger partial charge in [-0.05, 0) is 165 Å². The number of fused-ring (bicyclic) bond motifs is 6. The van der Waals surface area contributed by atoms with Crippen molar-refractivity contribution in [3.63, 3.8) is 0 Å². The van der Waals surface area contributed by atoms with E-state index in [-0.39, 0.29) is 0 Å². The second-order valence-electron chi connectivity index (χ2n) is 21.2. The van der Waals surface area contributed by atoms with Crippen LogP contribution in [0.4, 0.5) is 10.3 Å². The highest BCUT2D eigenvalue weighted by Crippen LogP contribution is 2.38. The number of benzene rings is 6. The molecule has 17 heteroatoms. The van der Waals surface area contributed by atoms with Crippen molar-refractivity contribution in [3.8, 4) is 33.4 Å². The van der Waals surface area contributed by atoms with Gasteiger partial charge < -0.3 is 25.3 Å². The van der Waals surface area contributed by atoms with Crippen molar-refractivity contribution in [1.82, 2.24) is 59.8 Å². The van der Waals surface area contributed by atoms with Gasteiger partial charge in [0.15, 0.2) is 10.3 Å². The van der Waals surface area contributed by atoms with E-state index in [0.717, 1.165) is 82.6 Å². The maximum atomic E-state index is 4.94. The Hall–Kier alpha value is -7.12. The van der Waals surface area contributed by atoms with Crippen LogP contribution in [-0.4, -0.2) is 122 Å². The molecule has 0 aliphatic carbocycles. The van der Waals surface area contributed by atoms with Gasteiger partial charge in [-0.2, -0.15) is 15.3 Å². The van der Waals surface area contributed by atoms with Crippen molar-refractivity contribution < 1.29 is 0 Å². The molecule has 3 aliphatic rings. The molecule has 2 N–H and O–H groups in total. The number of hydrogen-bond acceptors (Lipinski definition) is 14. The second-order valence-corrected chi connectivity index (χ2v) is 24.3. The third-order valence-corrected chi connectivity index (χ3v) is 19.0. The molecule has 0 unspecified atom stereocenters. The molecular weight excluding hydrogens is 1020 g/mol. The Kier molecular flexibility index (Phi) is 14.0. The molecule has 0 amide bonds. The first kappa shape index (κ1) is 50.4. The number of aryl methyl sites for hydroxylation is 3. The number of piperidine rings is 2. The van der Waals surface area contributed by atoms with Crippen molar-refractivity contribution in [3.05, 3.63) is 133 Å². The molecule has 78 heavy (non-hydrogen) atoms. The first-order valence-corrected chi connectivity index (χ1v) is 29.6. The van der Waals surface area contributed by atoms with E-state index in [2.05, 4.69) is 183 Å². The molecule has 6 aromatic carbocycles. The fraction of sp³-hybridized carbons (Fsp3) is 0.311. The monoisotopic (exact) mass is 1090 g/mol. The summed E-state index contributed by atoms with van der Waals surface area (Å²) in [6.07, 6.45) is 11.0. The molecule has 396 valence electrons. The summed E-state index contributed by atoms with van der Waals surface area (Å²) < 4.78 is 9.38. The van der Waals surface area contributed by atoms with Crippen LogP contribution in [0.1, 0.15) is 36.6 Å². The summed E-state index contributed by atoms with van der Waals surface area (Å²) in [6, 6.07) is 39.8. The number of aromatic nitrogens is 9. The van der Waals surface area contributed by atoms with Crippen molar-refractivity contribution in [2.24, 2.45) is 21.1 Å². The predicted octanol–water partition coefficient (Wildman–Crippen LogP) is 12.0. The minimum Gasteiger partial charge on any atom is -0.348 e. The van der Waals surface area contributed by atoms with E-state index in [1.807, 2.05) is 46.5 Å². The minimum absolute atomic E-state index is 0.583. The van der Waals surface area contributed by atoms with Gasteiger partial charge in [0.05, 0.1) is 52.2 Å². The highest BCUT2D eigenvalue weighted by molar-refractivity contribution is 7.22. The number of rotatable bonds is 7. The summed E-state index contributed by atoms with van der Waals surface area (Å²) in [6.45, 7) is 8.68. The summed E-state index contributed by atoms with van der Waals surface area (Å²) in [5.74, 6) is 0.624. The van der Waals surface area contributed by atoms with Gasteiger partial charge in [0.25, 0.3) is 0 Å². The third-order valence-electron chi connectivity index (χ3n) is 15.6. The number of thiazole rings is 3. The first-order valence-electron chi connectivity index (χ1n) is 27.2. The number of hydrogen-bond donors (Lipinski definition) is 2. The Bertz CT molecular complexity index is 4080. The topological polar surface area (TPSA) is 126 Å². The molecule has 0 saturated carbocycles. The normalized spacial score (nSPS) is 15.9. The van der Waals surface area contributed by atoms with E-state index in [9.17, 15) is 0 Å². The molecule has 3 fully saturated rings. The highest BCUT2D eigenvalue weighted by Gasteiger charge is 2.23. The predicted molar refractivity (Wildman–Crippen MR) is 327 cm³/mol. The minimum atomic E-state index is 0.583. The number of likely N-dealkylation sites (tertiary alicyclic amines) is 1. The average Bonchev–Trinajstić information content (AvgIpc) is 4.37. The van der Waals surface area contributed by atoms with Gasteiger partial charge in [-0.1, -0.05) is 59.1 Å². The second kappa shape index (κ2) is 21.6. The summed E-state index contributed by atoms with van der Waals surface area (Å²) >= 11 is 5.46. The van der Waals surface area contributed by atoms with Crippen LogP contribution in [0.2, 0.25) is 0 Å². The summed E-state index contributed by atoms with van der Waals surface area (Å²) in [4.78, 5) is 21.8. The number of nitrogens with zero attached hydrogens (tertiary/aromatic N) is 12. The molecule has 0 spiro atoms. The zero-order valence-electron chi connectivity index (χ0n) is 44.9. The lowest BCUT2D eigenvalue weighted by Gasteiger charge is -2.31. The average molecular weight is 1090 g/mol. The molecule has 0 atom stereocenters. The maximum absolute atomic E-state index is 4.94. The first-order chi connectivity index (χ1) is 38.1. The Morgan fingerprint density at radius 1 is 0.449 bits per heavy atom. The Labute approximate surface area is 466 Å². The summed E-state index contributed by atoms with van der Waals surface area (Å²) in [5, 5.41) is 27.3. The van der Waals surface area contributed by atoms with Crippen molar-refractivity contribution >= 4 is 108 Å². The van der Waals surface area contributed by atoms with E-state index < -0.39 is 0 Å². The van der Waals surface area contributed by atoms with Gasteiger partial charge >= 0.3 is 0 Å². The number of piperazine rings is 1. The van der Waals surface area contributed by atoms with E-state index in [4.69, 9.17) is 15.0 Å². The lowest BCUT2D eigenvalue weighted by atomic mass is 9.98. The van der Waals surface area contributed by atoms with E-state index in [0.29, 0.717) is 12.0 Å². The van der Waals surface area contributed by atoms with Crippen LogP contribution in [-0.2, 0) is 21.1 Å². The Morgan fingerprint density at radius 3 is 1.38 bits per heavy atom. The van der Waals surface area contributed by atoms with Gasteiger partial charge in [0.2, 0.25) is 0 Å². The van der Waals surface area contributed by atoms with Crippen LogP contribution in [0.25, 0.3) is 96.7 Å². The molecule has 6 aromatic heterocycles. The molecule has 14 nitrogen and oxygen atoms in total. The van der Waals surface area contributed by atoms with Gasteiger partial charge in [-0.25, -0.2) is 15.0 Å². The zero-order valence-corrected chi connectivity index (χ0v) is 47.3. The SMILES string of the molecule is CN(c1nc2ccc(-c3ccc4nn(C)cc4c3)cc2s1)C1CCNCC1.CN1CCC(c2nc3ccc(-c4ccc5nn(C)cc5c4)cc3s2)CC1.Cn1cc2cc(-c3ccc4nc(N5CCNCC5)sc4c3)ccc2n1. The highest BCUT2D eigenvalue weighted by atomic mass is 32.1. The maximum Gasteiger partial charge on any atom is 0.186 e. The number of nitrogens with one attached hydrogen (secondary N) is 2. The smallest absolute Gasteiger partial charge is 0.186 e. The van der Waals surface area contributed by atoms with Crippen molar-refractivity contribution in [2.75, 3.05) is 76.3 Å². The lowest BCUT2D eigenvalue weighted by Crippen LogP contribution is -2.43. The van der Waals surface area contributed by atoms with Crippen LogP contribution < -0.4 is 20.4 Å². The molecule has 12 aromatic rings. The molecular formula is C61H64N14S3. The summed E-state index contributed by atoms with van der Waals surface area (Å²) in [7, 11) is 10.3. The summed E-state index contributed by atoms with van der Waals surface area (Å²) in [5.41, 5.74) is 13.8. The van der Waals surface area contributed by atoms with Crippen LogP contribution in [0, 0.1) is 0 Å². The van der Waals surface area contributed by atoms with Crippen molar-refractivity contribution in [1.29, 1.82) is 0 Å². The standard InChI is InChI=1S/C21H23N5S.C21H22N4S.C19H19N5S/c1-25-13-16-11-14(3-5-18(16)24-25)15-4-6-19-20(12-15)27-21(23-19)26(2)17-7-9-22-10-8-17;1-24-9-7-14(8-10-24)21-22-19-6-4-16(12-20(19)26-21)15-3-5-18-17(11-15)13-25(2)23-18;1-23-12-15-10-13(2-4-16(15)22-23)14-3-5-17-18(11-14)25-19(21-17)24-8-6-20-7-9-24/h3-6,11-13,17,22H,7-10H2,1-2H3;3-6,11-14H,7-10H2,1-2H3;2-5,10-12,20H,6-9H2,1H3. The largest absolute Gasteiger partial charge is 0.348 e.